The molecule has 0 aromatic carbocycles. The van der Waals surface area contributed by atoms with E-state index in [0.717, 1.165) is 15.8 Å². The molecule has 0 N–H and O–H groups in total. The largest absolute Gasteiger partial charge is 0.237 e. The van der Waals surface area contributed by atoms with Crippen LogP contribution in [-0.2, 0) is 0 Å². The van der Waals surface area contributed by atoms with Crippen LogP contribution in [-0.4, -0.2) is 14.6 Å². The van der Waals surface area contributed by atoms with Gasteiger partial charge in [0.25, 0.3) is 0 Å². The maximum absolute atomic E-state index is 4.17. The minimum absolute atomic E-state index is 0.902. The predicted molar refractivity (Wildman–Crippen MR) is 45.4 cm³/mol. The molecule has 2 rings (SSSR count). The van der Waals surface area contributed by atoms with Gasteiger partial charge in [0.15, 0.2) is 5.65 Å². The molecule has 3 nitrogen and oxygen atoms in total. The average Bonchev–Trinajstić information content (AvgIpc) is 2.35. The Morgan fingerprint density at radius 1 is 1.55 bits per heavy atom. The van der Waals surface area contributed by atoms with E-state index in [9.17, 15) is 0 Å². The van der Waals surface area contributed by atoms with Gasteiger partial charge in [0, 0.05) is 11.8 Å². The summed E-state index contributed by atoms with van der Waals surface area (Å²) in [6.45, 7) is 1.99. The number of rotatable bonds is 0. The van der Waals surface area contributed by atoms with Gasteiger partial charge in [-0.1, -0.05) is 0 Å². The minimum Gasteiger partial charge on any atom is -0.237 e. The second-order valence-corrected chi connectivity index (χ2v) is 3.14. The van der Waals surface area contributed by atoms with Crippen LogP contribution in [0.3, 0.4) is 0 Å². The lowest BCUT2D eigenvalue weighted by Gasteiger charge is -1.94. The summed E-state index contributed by atoms with van der Waals surface area (Å²) in [7, 11) is 0. The first-order valence-electron chi connectivity index (χ1n) is 3.24. The third-order valence-electron chi connectivity index (χ3n) is 1.53. The predicted octanol–water partition coefficient (Wildman–Crippen LogP) is 1.80. The normalized spacial score (nSPS) is 10.7. The van der Waals surface area contributed by atoms with Crippen LogP contribution in [0, 0.1) is 6.92 Å². The van der Waals surface area contributed by atoms with Gasteiger partial charge in [0.1, 0.15) is 4.60 Å². The fraction of sp³-hybridized carbons (Fsp3) is 0.143. The SMILES string of the molecule is Cc1cnn2c(Br)ccnc12. The maximum Gasteiger partial charge on any atom is 0.159 e. The van der Waals surface area contributed by atoms with Crippen molar-refractivity contribution in [2.45, 2.75) is 6.92 Å². The topological polar surface area (TPSA) is 30.2 Å². The van der Waals surface area contributed by atoms with Crippen LogP contribution >= 0.6 is 15.9 Å². The highest BCUT2D eigenvalue weighted by Gasteiger charge is 2.01. The van der Waals surface area contributed by atoms with E-state index in [2.05, 4.69) is 26.0 Å². The van der Waals surface area contributed by atoms with E-state index in [4.69, 9.17) is 0 Å². The lowest BCUT2D eigenvalue weighted by Crippen LogP contribution is -1.90. The Balaban J connectivity index is 2.94. The molecule has 2 aromatic heterocycles. The molecule has 0 unspecified atom stereocenters. The van der Waals surface area contributed by atoms with Crippen molar-refractivity contribution < 1.29 is 0 Å². The molecule has 0 saturated carbocycles. The van der Waals surface area contributed by atoms with Crippen LogP contribution < -0.4 is 0 Å². The molecule has 0 aliphatic rings. The van der Waals surface area contributed by atoms with Crippen LogP contribution in [0.4, 0.5) is 0 Å². The molecular formula is C7H6BrN3. The van der Waals surface area contributed by atoms with Crippen molar-refractivity contribution in [1.29, 1.82) is 0 Å². The number of hydrogen-bond donors (Lipinski definition) is 0. The highest BCUT2D eigenvalue weighted by atomic mass is 79.9. The van der Waals surface area contributed by atoms with E-state index in [1.54, 1.807) is 16.9 Å². The molecule has 0 atom stereocenters. The van der Waals surface area contributed by atoms with Crippen LogP contribution in [0.2, 0.25) is 0 Å². The van der Waals surface area contributed by atoms with Gasteiger partial charge in [-0.15, -0.1) is 0 Å². The first-order valence-corrected chi connectivity index (χ1v) is 4.03. The molecule has 0 bridgehead atoms. The first-order chi connectivity index (χ1) is 5.29. The van der Waals surface area contributed by atoms with Gasteiger partial charge in [-0.25, -0.2) is 9.50 Å². The van der Waals surface area contributed by atoms with Crippen molar-refractivity contribution in [2.24, 2.45) is 0 Å². The molecule has 0 spiro atoms. The summed E-state index contributed by atoms with van der Waals surface area (Å²) in [5.41, 5.74) is 1.99. The molecule has 0 saturated heterocycles. The summed E-state index contributed by atoms with van der Waals surface area (Å²) in [5, 5.41) is 4.13. The third kappa shape index (κ3) is 0.939. The highest BCUT2D eigenvalue weighted by molar-refractivity contribution is 9.10. The maximum atomic E-state index is 4.17. The van der Waals surface area contributed by atoms with Gasteiger partial charge in [0.05, 0.1) is 6.20 Å². The van der Waals surface area contributed by atoms with E-state index < -0.39 is 0 Å². The third-order valence-corrected chi connectivity index (χ3v) is 2.13. The zero-order chi connectivity index (χ0) is 7.84. The zero-order valence-electron chi connectivity index (χ0n) is 5.95. The summed E-state index contributed by atoms with van der Waals surface area (Å²) < 4.78 is 2.69. The van der Waals surface area contributed by atoms with Gasteiger partial charge in [-0.2, -0.15) is 5.10 Å². The number of nitrogens with zero attached hydrogens (tertiary/aromatic N) is 3. The molecule has 11 heavy (non-hydrogen) atoms. The Morgan fingerprint density at radius 2 is 2.36 bits per heavy atom. The summed E-state index contributed by atoms with van der Waals surface area (Å²) >= 11 is 3.37. The summed E-state index contributed by atoms with van der Waals surface area (Å²) in [5.74, 6) is 0. The molecule has 4 heteroatoms. The summed E-state index contributed by atoms with van der Waals surface area (Å²) in [4.78, 5) is 4.17. The van der Waals surface area contributed by atoms with Gasteiger partial charge in [0.2, 0.25) is 0 Å². The Labute approximate surface area is 72.2 Å². The molecule has 2 heterocycles. The van der Waals surface area contributed by atoms with Crippen molar-refractivity contribution >= 4 is 21.6 Å². The molecule has 0 fully saturated rings. The minimum atomic E-state index is 0.902. The van der Waals surface area contributed by atoms with Crippen molar-refractivity contribution in [1.82, 2.24) is 14.6 Å². The monoisotopic (exact) mass is 211 g/mol. The number of hydrogen-bond acceptors (Lipinski definition) is 2. The first kappa shape index (κ1) is 6.79. The number of fused-ring (bicyclic) bond motifs is 1. The van der Waals surface area contributed by atoms with E-state index >= 15 is 0 Å². The average molecular weight is 212 g/mol. The Hall–Kier alpha value is -0.900. The van der Waals surface area contributed by atoms with Crippen molar-refractivity contribution in [2.75, 3.05) is 0 Å². The van der Waals surface area contributed by atoms with Crippen molar-refractivity contribution in [3.05, 3.63) is 28.6 Å². The molecular weight excluding hydrogens is 206 g/mol. The van der Waals surface area contributed by atoms with E-state index in [1.807, 2.05) is 13.0 Å². The second kappa shape index (κ2) is 2.30. The molecule has 2 aromatic rings. The number of halogens is 1. The summed E-state index contributed by atoms with van der Waals surface area (Å²) in [6.07, 6.45) is 3.56. The lowest BCUT2D eigenvalue weighted by atomic mass is 10.4. The van der Waals surface area contributed by atoms with Crippen LogP contribution in [0.15, 0.2) is 23.1 Å². The van der Waals surface area contributed by atoms with Crippen LogP contribution in [0.5, 0.6) is 0 Å². The van der Waals surface area contributed by atoms with Crippen LogP contribution in [0.1, 0.15) is 5.56 Å². The van der Waals surface area contributed by atoms with Crippen molar-refractivity contribution in [3.63, 3.8) is 0 Å². The smallest absolute Gasteiger partial charge is 0.159 e. The molecule has 0 aliphatic heterocycles. The molecule has 0 amide bonds. The quantitative estimate of drug-likeness (QED) is 0.623. The molecule has 56 valence electrons. The van der Waals surface area contributed by atoms with E-state index in [1.165, 1.54) is 0 Å². The Morgan fingerprint density at radius 3 is 3.09 bits per heavy atom. The standard InChI is InChI=1S/C7H6BrN3/c1-5-4-10-11-6(8)2-3-9-7(5)11/h2-4H,1H3. The second-order valence-electron chi connectivity index (χ2n) is 2.33. The number of aryl methyl sites for hydroxylation is 1. The Kier molecular flexibility index (Phi) is 1.42. The van der Waals surface area contributed by atoms with Crippen molar-refractivity contribution in [3.8, 4) is 0 Å². The van der Waals surface area contributed by atoms with Gasteiger partial charge >= 0.3 is 0 Å². The highest BCUT2D eigenvalue weighted by Crippen LogP contribution is 2.12. The van der Waals surface area contributed by atoms with Gasteiger partial charge in [-0.05, 0) is 28.9 Å². The molecule has 0 aliphatic carbocycles. The number of aromatic nitrogens is 3. The van der Waals surface area contributed by atoms with Gasteiger partial charge in [-0.3, -0.25) is 0 Å². The molecule has 0 radical (unpaired) electrons. The Bertz CT molecular complexity index is 393. The fourth-order valence-corrected chi connectivity index (χ4v) is 1.35. The van der Waals surface area contributed by atoms with Gasteiger partial charge < -0.3 is 0 Å². The van der Waals surface area contributed by atoms with E-state index in [-0.39, 0.29) is 0 Å². The lowest BCUT2D eigenvalue weighted by molar-refractivity contribution is 0.914. The fourth-order valence-electron chi connectivity index (χ4n) is 0.977. The zero-order valence-corrected chi connectivity index (χ0v) is 7.54. The van der Waals surface area contributed by atoms with Crippen LogP contribution in [0.25, 0.3) is 5.65 Å². The summed E-state index contributed by atoms with van der Waals surface area (Å²) in [6, 6.07) is 1.86. The van der Waals surface area contributed by atoms with E-state index in [0.29, 0.717) is 0 Å².